The van der Waals surface area contributed by atoms with Crippen LogP contribution >= 0.6 is 15.9 Å². The van der Waals surface area contributed by atoms with Crippen molar-refractivity contribution in [2.75, 3.05) is 40.5 Å². The molecule has 0 fully saturated rings. The Labute approximate surface area is 133 Å². The van der Waals surface area contributed by atoms with Crippen LogP contribution in [0.2, 0.25) is 0 Å². The summed E-state index contributed by atoms with van der Waals surface area (Å²) in [6.07, 6.45) is 3.17. The number of aliphatic hydroxyl groups is 1. The predicted molar refractivity (Wildman–Crippen MR) is 85.3 cm³/mol. The third-order valence-corrected chi connectivity index (χ3v) is 3.34. The molecule has 1 amide bonds. The van der Waals surface area contributed by atoms with Crippen molar-refractivity contribution in [1.82, 2.24) is 4.90 Å². The van der Waals surface area contributed by atoms with Crippen molar-refractivity contribution in [3.8, 4) is 5.75 Å². The smallest absolute Gasteiger partial charge is 0.246 e. The van der Waals surface area contributed by atoms with Crippen LogP contribution < -0.4 is 4.74 Å². The topological polar surface area (TPSA) is 59.0 Å². The average molecular weight is 358 g/mol. The molecule has 116 valence electrons. The van der Waals surface area contributed by atoms with Crippen LogP contribution in [0.5, 0.6) is 5.75 Å². The van der Waals surface area contributed by atoms with Gasteiger partial charge in [-0.15, -0.1) is 0 Å². The Morgan fingerprint density at radius 1 is 1.38 bits per heavy atom. The second-order valence-corrected chi connectivity index (χ2v) is 5.18. The predicted octanol–water partition coefficient (Wildman–Crippen LogP) is 1.94. The number of halogens is 1. The van der Waals surface area contributed by atoms with Crippen molar-refractivity contribution < 1.29 is 19.4 Å². The summed E-state index contributed by atoms with van der Waals surface area (Å²) in [6, 6.07) is 5.56. The van der Waals surface area contributed by atoms with Crippen LogP contribution in [-0.2, 0) is 9.53 Å². The number of benzene rings is 1. The second kappa shape index (κ2) is 9.55. The van der Waals surface area contributed by atoms with Gasteiger partial charge in [0.1, 0.15) is 5.75 Å². The molecule has 6 heteroatoms. The van der Waals surface area contributed by atoms with E-state index in [9.17, 15) is 4.79 Å². The first-order valence-corrected chi connectivity index (χ1v) is 7.32. The highest BCUT2D eigenvalue weighted by Crippen LogP contribution is 2.24. The number of aliphatic hydroxyl groups excluding tert-OH is 1. The van der Waals surface area contributed by atoms with E-state index in [1.165, 1.54) is 11.0 Å². The molecule has 0 bridgehead atoms. The maximum absolute atomic E-state index is 12.1. The molecule has 1 aromatic carbocycles. The van der Waals surface area contributed by atoms with E-state index >= 15 is 0 Å². The first-order chi connectivity index (χ1) is 10.1. The molecule has 0 radical (unpaired) electrons. The van der Waals surface area contributed by atoms with Gasteiger partial charge in [-0.2, -0.15) is 0 Å². The fourth-order valence-electron chi connectivity index (χ4n) is 1.76. The third kappa shape index (κ3) is 5.87. The van der Waals surface area contributed by atoms with Crippen LogP contribution in [0.3, 0.4) is 0 Å². The Kier molecular flexibility index (Phi) is 8.04. The van der Waals surface area contributed by atoms with E-state index in [2.05, 4.69) is 15.9 Å². The van der Waals surface area contributed by atoms with Gasteiger partial charge in [-0.25, -0.2) is 0 Å². The lowest BCUT2D eigenvalue weighted by molar-refractivity contribution is -0.127. The number of rotatable bonds is 8. The van der Waals surface area contributed by atoms with Crippen molar-refractivity contribution in [3.63, 3.8) is 0 Å². The summed E-state index contributed by atoms with van der Waals surface area (Å²) in [5, 5.41) is 9.00. The lowest BCUT2D eigenvalue weighted by atomic mass is 10.2. The summed E-state index contributed by atoms with van der Waals surface area (Å²) in [5.41, 5.74) is 0.802. The van der Waals surface area contributed by atoms with Crippen molar-refractivity contribution in [1.29, 1.82) is 0 Å². The molecule has 1 N–H and O–H groups in total. The molecule has 0 aliphatic carbocycles. The first-order valence-electron chi connectivity index (χ1n) is 6.52. The average Bonchev–Trinajstić information content (AvgIpc) is 2.49. The first kappa shape index (κ1) is 17.7. The summed E-state index contributed by atoms with van der Waals surface area (Å²) in [6.45, 7) is 1.07. The quantitative estimate of drug-likeness (QED) is 0.722. The van der Waals surface area contributed by atoms with Gasteiger partial charge in [-0.05, 0) is 24.3 Å². The molecular formula is C15H20BrNO4. The molecule has 0 saturated heterocycles. The number of hydrogen-bond acceptors (Lipinski definition) is 4. The Hall–Kier alpha value is -1.37. The molecule has 1 rings (SSSR count). The van der Waals surface area contributed by atoms with E-state index < -0.39 is 0 Å². The standard InChI is InChI=1S/C15H20BrNO4/c1-20-10-8-17(7-9-18)15(19)6-3-12-11-13(16)4-5-14(12)21-2/h3-6,11,18H,7-10H2,1-2H3/b6-3+. The Morgan fingerprint density at radius 2 is 2.14 bits per heavy atom. The molecule has 0 aliphatic heterocycles. The highest BCUT2D eigenvalue weighted by Gasteiger charge is 2.10. The minimum atomic E-state index is -0.178. The highest BCUT2D eigenvalue weighted by atomic mass is 79.9. The molecular weight excluding hydrogens is 338 g/mol. The van der Waals surface area contributed by atoms with Gasteiger partial charge in [0.15, 0.2) is 0 Å². The number of ether oxygens (including phenoxy) is 2. The van der Waals surface area contributed by atoms with Gasteiger partial charge in [-0.3, -0.25) is 4.79 Å². The number of hydrogen-bond donors (Lipinski definition) is 1. The lowest BCUT2D eigenvalue weighted by Gasteiger charge is -2.19. The van der Waals surface area contributed by atoms with Crippen LogP contribution in [0, 0.1) is 0 Å². The number of carbonyl (C=O) groups is 1. The van der Waals surface area contributed by atoms with Crippen molar-refractivity contribution in [2.45, 2.75) is 0 Å². The van der Waals surface area contributed by atoms with Gasteiger partial charge in [0.2, 0.25) is 5.91 Å². The fraction of sp³-hybridized carbons (Fsp3) is 0.400. The second-order valence-electron chi connectivity index (χ2n) is 4.26. The molecule has 5 nitrogen and oxygen atoms in total. The van der Waals surface area contributed by atoms with Crippen LogP contribution in [0.1, 0.15) is 5.56 Å². The van der Waals surface area contributed by atoms with Gasteiger partial charge in [-0.1, -0.05) is 15.9 Å². The Balaban J connectivity index is 2.81. The van der Waals surface area contributed by atoms with Gasteiger partial charge >= 0.3 is 0 Å². The molecule has 0 atom stereocenters. The minimum Gasteiger partial charge on any atom is -0.496 e. The molecule has 21 heavy (non-hydrogen) atoms. The SMILES string of the molecule is COCCN(CCO)C(=O)/C=C/c1cc(Br)ccc1OC. The zero-order chi connectivity index (χ0) is 15.7. The van der Waals surface area contributed by atoms with E-state index in [0.717, 1.165) is 10.0 Å². The Bertz CT molecular complexity index is 491. The maximum Gasteiger partial charge on any atom is 0.246 e. The molecule has 0 heterocycles. The van der Waals surface area contributed by atoms with E-state index in [0.29, 0.717) is 18.9 Å². The summed E-state index contributed by atoms with van der Waals surface area (Å²) in [5.74, 6) is 0.510. The summed E-state index contributed by atoms with van der Waals surface area (Å²) in [7, 11) is 3.16. The molecule has 0 aromatic heterocycles. The zero-order valence-corrected chi connectivity index (χ0v) is 13.8. The van der Waals surface area contributed by atoms with E-state index in [-0.39, 0.29) is 19.1 Å². The van der Waals surface area contributed by atoms with Crippen molar-refractivity contribution in [2.24, 2.45) is 0 Å². The molecule has 0 aliphatic rings. The number of carbonyl (C=O) groups excluding carboxylic acids is 1. The number of nitrogens with zero attached hydrogens (tertiary/aromatic N) is 1. The number of methoxy groups -OCH3 is 2. The summed E-state index contributed by atoms with van der Waals surface area (Å²) < 4.78 is 11.1. The van der Waals surface area contributed by atoms with Gasteiger partial charge in [0, 0.05) is 36.3 Å². The fourth-order valence-corrected chi connectivity index (χ4v) is 2.14. The molecule has 1 aromatic rings. The van der Waals surface area contributed by atoms with Crippen molar-refractivity contribution >= 4 is 27.9 Å². The Morgan fingerprint density at radius 3 is 2.76 bits per heavy atom. The molecule has 0 unspecified atom stereocenters. The van der Waals surface area contributed by atoms with E-state index in [1.54, 1.807) is 20.3 Å². The van der Waals surface area contributed by atoms with Gasteiger partial charge in [0.25, 0.3) is 0 Å². The van der Waals surface area contributed by atoms with Crippen LogP contribution in [0.15, 0.2) is 28.7 Å². The highest BCUT2D eigenvalue weighted by molar-refractivity contribution is 9.10. The summed E-state index contributed by atoms with van der Waals surface area (Å²) >= 11 is 3.39. The normalized spacial score (nSPS) is 10.9. The van der Waals surface area contributed by atoms with Gasteiger partial charge < -0.3 is 19.5 Å². The largest absolute Gasteiger partial charge is 0.496 e. The lowest BCUT2D eigenvalue weighted by Crippen LogP contribution is -2.34. The van der Waals surface area contributed by atoms with Crippen LogP contribution in [0.4, 0.5) is 0 Å². The van der Waals surface area contributed by atoms with E-state index in [4.69, 9.17) is 14.6 Å². The zero-order valence-electron chi connectivity index (χ0n) is 12.2. The molecule has 0 spiro atoms. The van der Waals surface area contributed by atoms with Crippen molar-refractivity contribution in [3.05, 3.63) is 34.3 Å². The van der Waals surface area contributed by atoms with Crippen LogP contribution in [0.25, 0.3) is 6.08 Å². The number of amides is 1. The van der Waals surface area contributed by atoms with Gasteiger partial charge in [0.05, 0.1) is 20.3 Å². The third-order valence-electron chi connectivity index (χ3n) is 2.84. The maximum atomic E-state index is 12.1. The monoisotopic (exact) mass is 357 g/mol. The molecule has 0 saturated carbocycles. The van der Waals surface area contributed by atoms with Crippen LogP contribution in [-0.4, -0.2) is 56.4 Å². The minimum absolute atomic E-state index is 0.0799. The van der Waals surface area contributed by atoms with E-state index in [1.807, 2.05) is 18.2 Å². The summed E-state index contributed by atoms with van der Waals surface area (Å²) in [4.78, 5) is 13.6.